The van der Waals surface area contributed by atoms with Crippen LogP contribution in [0.4, 0.5) is 0 Å². The summed E-state index contributed by atoms with van der Waals surface area (Å²) in [6, 6.07) is -0.348. The number of aromatic nitrogens is 3. The van der Waals surface area contributed by atoms with Gasteiger partial charge in [-0.15, -0.1) is 11.3 Å². The van der Waals surface area contributed by atoms with Crippen LogP contribution in [0.15, 0.2) is 22.8 Å². The van der Waals surface area contributed by atoms with Crippen LogP contribution in [-0.4, -0.2) is 23.6 Å². The second kappa shape index (κ2) is 5.78. The first-order valence-electron chi connectivity index (χ1n) is 5.72. The number of sulfonamides is 1. The van der Waals surface area contributed by atoms with E-state index in [0.29, 0.717) is 12.0 Å². The summed E-state index contributed by atoms with van der Waals surface area (Å²) in [5.41, 5.74) is 5.95. The lowest BCUT2D eigenvalue weighted by Gasteiger charge is -2.14. The second-order valence-corrected chi connectivity index (χ2v) is 6.46. The van der Waals surface area contributed by atoms with Crippen molar-refractivity contribution >= 4 is 21.4 Å². The molecule has 2 aromatic rings. The van der Waals surface area contributed by atoms with Crippen LogP contribution in [0.3, 0.4) is 0 Å². The molecule has 0 bridgehead atoms. The number of hydrogen-bond acceptors (Lipinski definition) is 6. The molecule has 2 aromatic heterocycles. The van der Waals surface area contributed by atoms with Gasteiger partial charge in [0.25, 0.3) is 10.0 Å². The van der Waals surface area contributed by atoms with Gasteiger partial charge in [-0.3, -0.25) is 5.10 Å². The van der Waals surface area contributed by atoms with E-state index in [1.807, 2.05) is 12.3 Å². The zero-order valence-electron chi connectivity index (χ0n) is 10.3. The smallest absolute Gasteiger partial charge is 0.258 e. The van der Waals surface area contributed by atoms with E-state index in [1.54, 1.807) is 6.20 Å². The molecule has 0 saturated carbocycles. The Kier molecular flexibility index (Phi) is 4.30. The molecule has 0 aliphatic carbocycles. The number of nitrogens with one attached hydrogen (secondary N) is 2. The summed E-state index contributed by atoms with van der Waals surface area (Å²) in [6.45, 7) is 2.01. The maximum atomic E-state index is 12.3. The van der Waals surface area contributed by atoms with Gasteiger partial charge in [-0.2, -0.15) is 9.82 Å². The normalized spacial score (nSPS) is 13.6. The number of nitrogens with two attached hydrogens (primary N) is 1. The van der Waals surface area contributed by atoms with Crippen molar-refractivity contribution in [2.75, 3.05) is 0 Å². The van der Waals surface area contributed by atoms with E-state index in [0.717, 1.165) is 5.01 Å². The molecule has 0 saturated heterocycles. The first kappa shape index (κ1) is 14.1. The molecule has 0 aromatic carbocycles. The highest BCUT2D eigenvalue weighted by Gasteiger charge is 2.25. The SMILES string of the molecule is CCC(NS(=O)(=O)c1[nH]ncc1CN)c1nccs1. The van der Waals surface area contributed by atoms with E-state index >= 15 is 0 Å². The fraction of sp³-hybridized carbons (Fsp3) is 0.400. The molecule has 0 aliphatic heterocycles. The molecule has 19 heavy (non-hydrogen) atoms. The molecule has 0 radical (unpaired) electrons. The van der Waals surface area contributed by atoms with Gasteiger partial charge in [-0.25, -0.2) is 13.4 Å². The highest BCUT2D eigenvalue weighted by atomic mass is 32.2. The number of hydrogen-bond donors (Lipinski definition) is 3. The van der Waals surface area contributed by atoms with E-state index in [2.05, 4.69) is 19.9 Å². The van der Waals surface area contributed by atoms with E-state index in [1.165, 1.54) is 17.5 Å². The summed E-state index contributed by atoms with van der Waals surface area (Å²) in [6.07, 6.45) is 3.68. The third-order valence-electron chi connectivity index (χ3n) is 2.62. The van der Waals surface area contributed by atoms with E-state index in [4.69, 9.17) is 5.73 Å². The Morgan fingerprint density at radius 2 is 2.37 bits per heavy atom. The summed E-state index contributed by atoms with van der Waals surface area (Å²) < 4.78 is 27.2. The van der Waals surface area contributed by atoms with E-state index in [9.17, 15) is 8.42 Å². The molecule has 1 unspecified atom stereocenters. The lowest BCUT2D eigenvalue weighted by Crippen LogP contribution is -2.29. The third-order valence-corrected chi connectivity index (χ3v) is 5.00. The summed E-state index contributed by atoms with van der Waals surface area (Å²) in [5, 5.41) is 8.76. The number of thiazole rings is 1. The molecule has 2 rings (SSSR count). The van der Waals surface area contributed by atoms with Crippen LogP contribution < -0.4 is 10.5 Å². The molecule has 0 fully saturated rings. The Labute approximate surface area is 115 Å². The fourth-order valence-electron chi connectivity index (χ4n) is 1.64. The maximum absolute atomic E-state index is 12.3. The molecule has 9 heteroatoms. The quantitative estimate of drug-likeness (QED) is 0.728. The molecule has 7 nitrogen and oxygen atoms in total. The van der Waals surface area contributed by atoms with Crippen molar-refractivity contribution in [3.63, 3.8) is 0 Å². The minimum atomic E-state index is -3.68. The summed E-state index contributed by atoms with van der Waals surface area (Å²) in [7, 11) is -3.68. The van der Waals surface area contributed by atoms with Crippen LogP contribution in [0.5, 0.6) is 0 Å². The van der Waals surface area contributed by atoms with Crippen molar-refractivity contribution in [3.05, 3.63) is 28.3 Å². The standard InChI is InChI=1S/C10H15N5O2S2/c1-2-8(9-12-3-4-18-9)15-19(16,17)10-7(5-11)6-13-14-10/h3-4,6,8,15H,2,5,11H2,1H3,(H,13,14). The second-order valence-electron chi connectivity index (χ2n) is 3.88. The lowest BCUT2D eigenvalue weighted by molar-refractivity contribution is 0.544. The predicted octanol–water partition coefficient (Wildman–Crippen LogP) is 0.755. The number of H-pyrrole nitrogens is 1. The van der Waals surface area contributed by atoms with Crippen LogP contribution in [0.1, 0.15) is 30.0 Å². The largest absolute Gasteiger partial charge is 0.326 e. The first-order valence-corrected chi connectivity index (χ1v) is 8.08. The van der Waals surface area contributed by atoms with Crippen LogP contribution >= 0.6 is 11.3 Å². The Bertz CT molecular complexity index is 620. The zero-order valence-corrected chi connectivity index (χ0v) is 12.0. The molecule has 1 atom stereocenters. The molecule has 0 spiro atoms. The molecule has 0 aliphatic rings. The summed E-state index contributed by atoms with van der Waals surface area (Å²) >= 11 is 1.41. The van der Waals surface area contributed by atoms with Gasteiger partial charge in [0.05, 0.1) is 12.2 Å². The van der Waals surface area contributed by atoms with Crippen molar-refractivity contribution in [3.8, 4) is 0 Å². The monoisotopic (exact) mass is 301 g/mol. The van der Waals surface area contributed by atoms with Gasteiger partial charge in [0.2, 0.25) is 0 Å². The third kappa shape index (κ3) is 3.00. The Morgan fingerprint density at radius 1 is 1.58 bits per heavy atom. The van der Waals surface area contributed by atoms with Gasteiger partial charge < -0.3 is 5.73 Å². The average molecular weight is 301 g/mol. The van der Waals surface area contributed by atoms with Gasteiger partial charge in [0.15, 0.2) is 5.03 Å². The Morgan fingerprint density at radius 3 is 2.95 bits per heavy atom. The zero-order chi connectivity index (χ0) is 13.9. The van der Waals surface area contributed by atoms with Gasteiger partial charge in [-0.1, -0.05) is 6.92 Å². The molecule has 0 amide bonds. The minimum absolute atomic E-state index is 0.0185. The highest BCUT2D eigenvalue weighted by molar-refractivity contribution is 7.89. The van der Waals surface area contributed by atoms with E-state index < -0.39 is 10.0 Å². The molecule has 104 valence electrons. The number of aromatic amines is 1. The molecule has 4 N–H and O–H groups in total. The van der Waals surface area contributed by atoms with Crippen molar-refractivity contribution in [2.45, 2.75) is 31.0 Å². The Hall–Kier alpha value is -1.29. The van der Waals surface area contributed by atoms with Crippen molar-refractivity contribution in [2.24, 2.45) is 5.73 Å². The topological polar surface area (TPSA) is 114 Å². The minimum Gasteiger partial charge on any atom is -0.326 e. The molecular weight excluding hydrogens is 286 g/mol. The van der Waals surface area contributed by atoms with Gasteiger partial charge >= 0.3 is 0 Å². The van der Waals surface area contributed by atoms with Crippen LogP contribution in [-0.2, 0) is 16.6 Å². The first-order chi connectivity index (χ1) is 9.08. The Balaban J connectivity index is 2.26. The van der Waals surface area contributed by atoms with Gasteiger partial charge in [0, 0.05) is 23.7 Å². The summed E-state index contributed by atoms with van der Waals surface area (Å²) in [5.74, 6) is 0. The highest BCUT2D eigenvalue weighted by Crippen LogP contribution is 2.22. The van der Waals surface area contributed by atoms with Crippen molar-refractivity contribution in [1.82, 2.24) is 19.9 Å². The van der Waals surface area contributed by atoms with Gasteiger partial charge in [-0.05, 0) is 6.42 Å². The lowest BCUT2D eigenvalue weighted by atomic mass is 10.3. The van der Waals surface area contributed by atoms with Crippen molar-refractivity contribution in [1.29, 1.82) is 0 Å². The predicted molar refractivity (Wildman–Crippen MR) is 71.9 cm³/mol. The van der Waals surface area contributed by atoms with Crippen LogP contribution in [0.25, 0.3) is 0 Å². The van der Waals surface area contributed by atoms with Crippen LogP contribution in [0.2, 0.25) is 0 Å². The van der Waals surface area contributed by atoms with Crippen LogP contribution in [0, 0.1) is 0 Å². The number of rotatable bonds is 6. The summed E-state index contributed by atoms with van der Waals surface area (Å²) in [4.78, 5) is 4.14. The molecular formula is C10H15N5O2S2. The van der Waals surface area contributed by atoms with Crippen molar-refractivity contribution < 1.29 is 8.42 Å². The maximum Gasteiger partial charge on any atom is 0.258 e. The average Bonchev–Trinajstić information content (AvgIpc) is 3.06. The fourth-order valence-corrected chi connectivity index (χ4v) is 3.91. The van der Waals surface area contributed by atoms with Gasteiger partial charge in [0.1, 0.15) is 5.01 Å². The van der Waals surface area contributed by atoms with E-state index in [-0.39, 0.29) is 17.6 Å². The molecule has 2 heterocycles. The number of nitrogens with zero attached hydrogens (tertiary/aromatic N) is 2.